The van der Waals surface area contributed by atoms with Gasteiger partial charge in [0, 0.05) is 11.5 Å². The lowest BCUT2D eigenvalue weighted by atomic mass is 9.88. The van der Waals surface area contributed by atoms with Crippen LogP contribution in [0.2, 0.25) is 0 Å². The zero-order valence-electron chi connectivity index (χ0n) is 21.0. The molecule has 0 aromatic carbocycles. The zero-order valence-corrected chi connectivity index (χ0v) is 21.0. The van der Waals surface area contributed by atoms with Crippen molar-refractivity contribution in [1.82, 2.24) is 0 Å². The summed E-state index contributed by atoms with van der Waals surface area (Å²) in [6, 6.07) is 0. The second-order valence-corrected chi connectivity index (χ2v) is 8.96. The lowest BCUT2D eigenvalue weighted by Crippen LogP contribution is -2.15. The molecule has 0 spiro atoms. The molecule has 0 aliphatic rings. The van der Waals surface area contributed by atoms with E-state index >= 15 is 0 Å². The lowest BCUT2D eigenvalue weighted by Gasteiger charge is -2.15. The summed E-state index contributed by atoms with van der Waals surface area (Å²) in [6.45, 7) is 17.8. The van der Waals surface area contributed by atoms with Crippen LogP contribution in [-0.2, 0) is 4.79 Å². The summed E-state index contributed by atoms with van der Waals surface area (Å²) in [6.07, 6.45) is 8.15. The van der Waals surface area contributed by atoms with Crippen molar-refractivity contribution in [3.8, 4) is 5.95 Å². The average molecular weight is 429 g/mol. The fraction of sp³-hybridized carbons (Fsp3) is 0.556. The van der Waals surface area contributed by atoms with Gasteiger partial charge in [-0.3, -0.25) is 9.59 Å². The number of rotatable bonds is 10. The van der Waals surface area contributed by atoms with Crippen molar-refractivity contribution in [2.45, 2.75) is 75.2 Å². The number of methoxy groups -OCH3 is 1. The van der Waals surface area contributed by atoms with E-state index in [4.69, 9.17) is 9.15 Å². The number of Topliss-reactive ketones (excluding diaryl/α,β-unsaturated/α-hetero) is 1. The summed E-state index contributed by atoms with van der Waals surface area (Å²) >= 11 is 0. The number of hydrogen-bond donors (Lipinski definition) is 0. The average Bonchev–Trinajstić information content (AvgIpc) is 2.70. The van der Waals surface area contributed by atoms with Crippen molar-refractivity contribution in [1.29, 1.82) is 0 Å². The highest BCUT2D eigenvalue weighted by Gasteiger charge is 2.18. The maximum Gasteiger partial charge on any atom is 0.291 e. The lowest BCUT2D eigenvalue weighted by molar-refractivity contribution is -0.119. The summed E-state index contributed by atoms with van der Waals surface area (Å²) < 4.78 is 11.0. The van der Waals surface area contributed by atoms with Crippen molar-refractivity contribution in [2.75, 3.05) is 7.11 Å². The Labute approximate surface area is 188 Å². The molecule has 172 valence electrons. The summed E-state index contributed by atoms with van der Waals surface area (Å²) in [5.74, 6) is 1.74. The molecule has 1 heterocycles. The van der Waals surface area contributed by atoms with Crippen LogP contribution >= 0.6 is 0 Å². The van der Waals surface area contributed by atoms with E-state index in [1.807, 2.05) is 39.8 Å². The van der Waals surface area contributed by atoms with Crippen LogP contribution in [0.15, 0.2) is 38.6 Å². The van der Waals surface area contributed by atoms with Crippen LogP contribution in [0.4, 0.5) is 0 Å². The molecule has 3 atom stereocenters. The van der Waals surface area contributed by atoms with Gasteiger partial charge in [-0.2, -0.15) is 0 Å². The van der Waals surface area contributed by atoms with Crippen LogP contribution in [0, 0.1) is 31.6 Å². The van der Waals surface area contributed by atoms with Crippen LogP contribution in [-0.4, -0.2) is 12.9 Å². The van der Waals surface area contributed by atoms with Gasteiger partial charge in [0.1, 0.15) is 5.76 Å². The standard InChI is InChI=1S/C27H40O4/c1-11-16(2)13-19(5)24(28)20(6)14-17(3)12-18(4)15-21(7)26-22(8)25(29)23(9)27(30-10)31-26/h12,14-17,19H,11,13H2,1-10H3/b18-12+,20-14+,21-15+/t16-,17?,19-/m0/s1. The van der Waals surface area contributed by atoms with Crippen LogP contribution in [0.5, 0.6) is 5.95 Å². The first kappa shape index (κ1) is 26.7. The Kier molecular flexibility index (Phi) is 10.2. The normalized spacial score (nSPS) is 16.1. The van der Waals surface area contributed by atoms with Crippen molar-refractivity contribution < 1.29 is 13.9 Å². The molecular formula is C27H40O4. The highest BCUT2D eigenvalue weighted by Crippen LogP contribution is 2.25. The number of allylic oxidation sites excluding steroid dienone is 6. The Morgan fingerprint density at radius 2 is 1.68 bits per heavy atom. The molecule has 1 aromatic rings. The molecule has 0 aliphatic carbocycles. The van der Waals surface area contributed by atoms with E-state index in [9.17, 15) is 9.59 Å². The minimum atomic E-state index is -0.0653. The molecule has 1 rings (SSSR count). The largest absolute Gasteiger partial charge is 0.468 e. The van der Waals surface area contributed by atoms with Crippen LogP contribution < -0.4 is 10.2 Å². The van der Waals surface area contributed by atoms with Gasteiger partial charge >= 0.3 is 0 Å². The molecular weight excluding hydrogens is 388 g/mol. The second kappa shape index (κ2) is 11.9. The second-order valence-electron chi connectivity index (χ2n) is 8.96. The van der Waals surface area contributed by atoms with Gasteiger partial charge in [-0.1, -0.05) is 57.9 Å². The highest BCUT2D eigenvalue weighted by molar-refractivity contribution is 5.96. The van der Waals surface area contributed by atoms with Gasteiger partial charge in [0.25, 0.3) is 5.95 Å². The van der Waals surface area contributed by atoms with E-state index < -0.39 is 0 Å². The molecule has 0 bridgehead atoms. The van der Waals surface area contributed by atoms with E-state index in [0.717, 1.165) is 29.6 Å². The summed E-state index contributed by atoms with van der Waals surface area (Å²) in [7, 11) is 1.50. The maximum absolute atomic E-state index is 12.7. The molecule has 0 fully saturated rings. The number of ether oxygens (including phenoxy) is 1. The zero-order chi connectivity index (χ0) is 23.9. The molecule has 1 aromatic heterocycles. The summed E-state index contributed by atoms with van der Waals surface area (Å²) in [5, 5.41) is 0. The fourth-order valence-electron chi connectivity index (χ4n) is 3.95. The molecule has 0 saturated heterocycles. The molecule has 0 saturated carbocycles. The van der Waals surface area contributed by atoms with Gasteiger partial charge in [-0.25, -0.2) is 0 Å². The van der Waals surface area contributed by atoms with Crippen LogP contribution in [0.25, 0.3) is 5.57 Å². The van der Waals surface area contributed by atoms with E-state index in [1.54, 1.807) is 13.8 Å². The van der Waals surface area contributed by atoms with Crippen molar-refractivity contribution in [2.24, 2.45) is 17.8 Å². The molecule has 0 aliphatic heterocycles. The topological polar surface area (TPSA) is 56.5 Å². The fourth-order valence-corrected chi connectivity index (χ4v) is 3.95. The number of ketones is 1. The number of carbonyl (C=O) groups is 1. The Morgan fingerprint density at radius 3 is 2.23 bits per heavy atom. The molecule has 31 heavy (non-hydrogen) atoms. The summed E-state index contributed by atoms with van der Waals surface area (Å²) in [4.78, 5) is 25.1. The SMILES string of the molecule is CC[C@H](C)C[C@H](C)C(=O)/C(C)=C/C(C)/C=C(C)/C=C(\C)c1oc(OC)c(C)c(=O)c1C. The van der Waals surface area contributed by atoms with Gasteiger partial charge in [-0.05, 0) is 64.0 Å². The molecule has 1 unspecified atom stereocenters. The first-order valence-corrected chi connectivity index (χ1v) is 11.2. The molecule has 0 amide bonds. The number of hydrogen-bond acceptors (Lipinski definition) is 4. The third-order valence-electron chi connectivity index (χ3n) is 5.84. The van der Waals surface area contributed by atoms with Crippen molar-refractivity contribution in [3.05, 3.63) is 56.5 Å². The van der Waals surface area contributed by atoms with Gasteiger partial charge < -0.3 is 9.15 Å². The van der Waals surface area contributed by atoms with Gasteiger partial charge in [0.15, 0.2) is 11.2 Å². The first-order chi connectivity index (χ1) is 14.4. The van der Waals surface area contributed by atoms with E-state index in [2.05, 4.69) is 26.8 Å². The van der Waals surface area contributed by atoms with Gasteiger partial charge in [0.2, 0.25) is 0 Å². The van der Waals surface area contributed by atoms with Crippen molar-refractivity contribution >= 4 is 11.4 Å². The molecule has 4 nitrogen and oxygen atoms in total. The smallest absolute Gasteiger partial charge is 0.291 e. The highest BCUT2D eigenvalue weighted by atomic mass is 16.6. The molecule has 0 radical (unpaired) electrons. The quantitative estimate of drug-likeness (QED) is 0.302. The predicted molar refractivity (Wildman–Crippen MR) is 130 cm³/mol. The van der Waals surface area contributed by atoms with Crippen LogP contribution in [0.3, 0.4) is 0 Å². The Balaban J connectivity index is 3.06. The minimum Gasteiger partial charge on any atom is -0.468 e. The van der Waals surface area contributed by atoms with Crippen molar-refractivity contribution in [3.63, 3.8) is 0 Å². The number of carbonyl (C=O) groups excluding carboxylic acids is 1. The van der Waals surface area contributed by atoms with Gasteiger partial charge in [-0.15, -0.1) is 0 Å². The predicted octanol–water partition coefficient (Wildman–Crippen LogP) is 6.84. The third-order valence-corrected chi connectivity index (χ3v) is 5.84. The molecule has 0 N–H and O–H groups in total. The third kappa shape index (κ3) is 7.37. The van der Waals surface area contributed by atoms with E-state index in [-0.39, 0.29) is 29.0 Å². The summed E-state index contributed by atoms with van der Waals surface area (Å²) in [5.41, 5.74) is 3.70. The minimum absolute atomic E-state index is 0.0491. The van der Waals surface area contributed by atoms with Crippen LogP contribution in [0.1, 0.15) is 78.2 Å². The first-order valence-electron chi connectivity index (χ1n) is 11.2. The van der Waals surface area contributed by atoms with E-state index in [0.29, 0.717) is 22.8 Å². The Morgan fingerprint density at radius 1 is 1.06 bits per heavy atom. The Bertz CT molecular complexity index is 927. The van der Waals surface area contributed by atoms with Gasteiger partial charge in [0.05, 0.1) is 12.7 Å². The Hall–Kier alpha value is -2.36. The maximum atomic E-state index is 12.7. The molecule has 4 heteroatoms. The monoisotopic (exact) mass is 428 g/mol. The van der Waals surface area contributed by atoms with E-state index in [1.165, 1.54) is 7.11 Å².